The molecule has 22 heavy (non-hydrogen) atoms. The van der Waals surface area contributed by atoms with Crippen molar-refractivity contribution in [3.05, 3.63) is 12.2 Å². The van der Waals surface area contributed by atoms with Crippen molar-refractivity contribution in [1.29, 1.82) is 0 Å². The fourth-order valence-corrected chi connectivity index (χ4v) is 1.73. The molecule has 1 rings (SSSR count). The zero-order valence-corrected chi connectivity index (χ0v) is 13.9. The van der Waals surface area contributed by atoms with Crippen LogP contribution in [-0.4, -0.2) is 46.3 Å². The number of amides is 1. The Morgan fingerprint density at radius 2 is 2.14 bits per heavy atom. The van der Waals surface area contributed by atoms with E-state index in [2.05, 4.69) is 25.8 Å². The normalized spacial score (nSPS) is 12.3. The Balaban J connectivity index is 2.55. The average Bonchev–Trinajstić information content (AvgIpc) is 2.92. The molecule has 4 N–H and O–H groups in total. The van der Waals surface area contributed by atoms with Crippen LogP contribution in [0.4, 0.5) is 0 Å². The van der Waals surface area contributed by atoms with Crippen LogP contribution in [0.25, 0.3) is 0 Å². The number of nitrogens with zero attached hydrogens (tertiary/aromatic N) is 4. The Bertz CT molecular complexity index is 507. The highest BCUT2D eigenvalue weighted by Gasteiger charge is 2.24. The van der Waals surface area contributed by atoms with Crippen molar-refractivity contribution >= 4 is 11.9 Å². The maximum Gasteiger partial charge on any atom is 0.224 e. The molecule has 1 aromatic rings. The molecule has 8 nitrogen and oxygen atoms in total. The molecule has 8 heteroatoms. The summed E-state index contributed by atoms with van der Waals surface area (Å²) in [6, 6.07) is 0. The van der Waals surface area contributed by atoms with Gasteiger partial charge in [-0.25, -0.2) is 0 Å². The van der Waals surface area contributed by atoms with Gasteiger partial charge < -0.3 is 20.9 Å². The number of primary amides is 1. The fourth-order valence-electron chi connectivity index (χ4n) is 1.73. The predicted octanol–water partition coefficient (Wildman–Crippen LogP) is -0.0929. The van der Waals surface area contributed by atoms with Crippen LogP contribution in [-0.2, 0) is 17.8 Å². The van der Waals surface area contributed by atoms with Crippen molar-refractivity contribution in [3.63, 3.8) is 0 Å². The summed E-state index contributed by atoms with van der Waals surface area (Å²) in [4.78, 5) is 15.7. The maximum atomic E-state index is 11.3. The van der Waals surface area contributed by atoms with Crippen molar-refractivity contribution in [3.8, 4) is 0 Å². The van der Waals surface area contributed by atoms with E-state index in [1.807, 2.05) is 18.4 Å². The number of hydrogen-bond donors (Lipinski definition) is 3. The second-order valence-electron chi connectivity index (χ2n) is 5.66. The number of nitrogens with one attached hydrogen (secondary N) is 2. The first-order valence-corrected chi connectivity index (χ1v) is 7.59. The van der Waals surface area contributed by atoms with Crippen LogP contribution < -0.4 is 16.4 Å². The summed E-state index contributed by atoms with van der Waals surface area (Å²) in [7, 11) is 0. The van der Waals surface area contributed by atoms with E-state index in [1.54, 1.807) is 20.2 Å². The van der Waals surface area contributed by atoms with E-state index in [0.29, 0.717) is 19.0 Å². The highest BCUT2D eigenvalue weighted by molar-refractivity contribution is 5.82. The van der Waals surface area contributed by atoms with Gasteiger partial charge in [-0.05, 0) is 20.8 Å². The van der Waals surface area contributed by atoms with Crippen LogP contribution in [0, 0.1) is 5.41 Å². The molecule has 0 radical (unpaired) electrons. The maximum absolute atomic E-state index is 11.3. The summed E-state index contributed by atoms with van der Waals surface area (Å²) >= 11 is 0. The Labute approximate surface area is 131 Å². The molecule has 0 aliphatic rings. The minimum Gasteiger partial charge on any atom is -0.369 e. The van der Waals surface area contributed by atoms with E-state index in [1.165, 1.54) is 0 Å². The van der Waals surface area contributed by atoms with Gasteiger partial charge in [-0.2, -0.15) is 0 Å². The number of carbonyl (C=O) groups excluding carboxylic acids is 1. The van der Waals surface area contributed by atoms with Crippen molar-refractivity contribution in [2.24, 2.45) is 16.1 Å². The quantitative estimate of drug-likeness (QED) is 0.459. The summed E-state index contributed by atoms with van der Waals surface area (Å²) in [5.74, 6) is 1.27. The van der Waals surface area contributed by atoms with Gasteiger partial charge in [-0.3, -0.25) is 9.79 Å². The average molecular weight is 309 g/mol. The monoisotopic (exact) mass is 309 g/mol. The fraction of sp³-hybridized carbons (Fsp3) is 0.714. The van der Waals surface area contributed by atoms with E-state index >= 15 is 0 Å². The molecule has 0 aliphatic heterocycles. The second-order valence-corrected chi connectivity index (χ2v) is 5.66. The second kappa shape index (κ2) is 8.35. The SMILES string of the molecule is CCNC(=NCC(C)(C)C(N)=O)NCCn1cnnc1CC. The third-order valence-electron chi connectivity index (χ3n) is 3.30. The van der Waals surface area contributed by atoms with Gasteiger partial charge in [0.2, 0.25) is 5.91 Å². The molecule has 1 amide bonds. The number of aliphatic imine (C=N–C) groups is 1. The predicted molar refractivity (Wildman–Crippen MR) is 86.4 cm³/mol. The third kappa shape index (κ3) is 5.34. The lowest BCUT2D eigenvalue weighted by Gasteiger charge is -2.19. The molecule has 1 aromatic heterocycles. The molecular formula is C14H27N7O. The molecule has 0 bridgehead atoms. The number of aromatic nitrogens is 3. The molecule has 0 spiro atoms. The highest BCUT2D eigenvalue weighted by atomic mass is 16.1. The molecule has 0 unspecified atom stereocenters. The lowest BCUT2D eigenvalue weighted by Crippen LogP contribution is -2.41. The van der Waals surface area contributed by atoms with Gasteiger partial charge in [-0.1, -0.05) is 6.92 Å². The van der Waals surface area contributed by atoms with Crippen LogP contribution in [0.3, 0.4) is 0 Å². The number of nitrogens with two attached hydrogens (primary N) is 1. The minimum absolute atomic E-state index is 0.338. The summed E-state index contributed by atoms with van der Waals surface area (Å²) < 4.78 is 2.00. The largest absolute Gasteiger partial charge is 0.369 e. The van der Waals surface area contributed by atoms with E-state index in [-0.39, 0.29) is 5.91 Å². The zero-order valence-electron chi connectivity index (χ0n) is 13.9. The summed E-state index contributed by atoms with van der Waals surface area (Å²) in [6.45, 7) is 10.1. The molecule has 0 saturated heterocycles. The number of guanidine groups is 1. The summed E-state index contributed by atoms with van der Waals surface area (Å²) in [5, 5.41) is 14.3. The Kier molecular flexibility index (Phi) is 6.81. The number of aryl methyl sites for hydroxylation is 1. The van der Waals surface area contributed by atoms with Crippen molar-refractivity contribution < 1.29 is 4.79 Å². The molecule has 0 aliphatic carbocycles. The number of rotatable bonds is 8. The van der Waals surface area contributed by atoms with Crippen LogP contribution in [0.5, 0.6) is 0 Å². The lowest BCUT2D eigenvalue weighted by molar-refractivity contribution is -0.125. The van der Waals surface area contributed by atoms with E-state index in [4.69, 9.17) is 5.73 Å². The van der Waals surface area contributed by atoms with Crippen LogP contribution in [0.2, 0.25) is 0 Å². The van der Waals surface area contributed by atoms with Gasteiger partial charge in [0.1, 0.15) is 12.2 Å². The van der Waals surface area contributed by atoms with Gasteiger partial charge in [0.05, 0.1) is 12.0 Å². The molecular weight excluding hydrogens is 282 g/mol. The highest BCUT2D eigenvalue weighted by Crippen LogP contribution is 2.13. The summed E-state index contributed by atoms with van der Waals surface area (Å²) in [6.07, 6.45) is 2.57. The van der Waals surface area contributed by atoms with Crippen LogP contribution >= 0.6 is 0 Å². The molecule has 0 fully saturated rings. The van der Waals surface area contributed by atoms with Gasteiger partial charge in [0.25, 0.3) is 0 Å². The van der Waals surface area contributed by atoms with E-state index < -0.39 is 5.41 Å². The van der Waals surface area contributed by atoms with Gasteiger partial charge in [0.15, 0.2) is 5.96 Å². The van der Waals surface area contributed by atoms with Crippen molar-refractivity contribution in [2.75, 3.05) is 19.6 Å². The van der Waals surface area contributed by atoms with Gasteiger partial charge >= 0.3 is 0 Å². The Hall–Kier alpha value is -2.12. The zero-order chi connectivity index (χ0) is 16.6. The standard InChI is InChI=1S/C14H27N7O/c1-5-11-20-19-10-21(11)8-7-17-13(16-6-2)18-9-14(3,4)12(15)22/h10H,5-9H2,1-4H3,(H2,15,22)(H2,16,17,18). The van der Waals surface area contributed by atoms with Gasteiger partial charge in [-0.15, -0.1) is 10.2 Å². The smallest absolute Gasteiger partial charge is 0.224 e. The first-order chi connectivity index (χ1) is 10.4. The third-order valence-corrected chi connectivity index (χ3v) is 3.30. The van der Waals surface area contributed by atoms with Crippen molar-refractivity contribution in [2.45, 2.75) is 40.7 Å². The first kappa shape index (κ1) is 17.9. The Morgan fingerprint density at radius 3 is 2.73 bits per heavy atom. The van der Waals surface area contributed by atoms with Crippen LogP contribution in [0.15, 0.2) is 11.3 Å². The van der Waals surface area contributed by atoms with Crippen LogP contribution in [0.1, 0.15) is 33.5 Å². The topological polar surface area (TPSA) is 110 Å². The number of hydrogen-bond acceptors (Lipinski definition) is 4. The first-order valence-electron chi connectivity index (χ1n) is 7.59. The molecule has 0 aromatic carbocycles. The lowest BCUT2D eigenvalue weighted by atomic mass is 9.93. The van der Waals surface area contributed by atoms with Crippen molar-refractivity contribution in [1.82, 2.24) is 25.4 Å². The van der Waals surface area contributed by atoms with E-state index in [9.17, 15) is 4.79 Å². The van der Waals surface area contributed by atoms with E-state index in [0.717, 1.165) is 25.3 Å². The minimum atomic E-state index is -0.661. The Morgan fingerprint density at radius 1 is 1.41 bits per heavy atom. The molecule has 0 saturated carbocycles. The molecule has 1 heterocycles. The van der Waals surface area contributed by atoms with Gasteiger partial charge in [0, 0.05) is 26.1 Å². The number of carbonyl (C=O) groups is 1. The molecule has 124 valence electrons. The summed E-state index contributed by atoms with van der Waals surface area (Å²) in [5.41, 5.74) is 4.70. The molecule has 0 atom stereocenters.